The largest absolute Gasteiger partial charge is 0.479 e. The van der Waals surface area contributed by atoms with Crippen molar-refractivity contribution in [2.24, 2.45) is 0 Å². The van der Waals surface area contributed by atoms with Gasteiger partial charge in [-0.25, -0.2) is 4.79 Å². The summed E-state index contributed by atoms with van der Waals surface area (Å²) in [7, 11) is 0. The topological polar surface area (TPSA) is 82.4 Å². The molecular formula is C13H13N3O3. The number of hydrogen-bond donors (Lipinski definition) is 1. The van der Waals surface area contributed by atoms with Gasteiger partial charge in [-0.3, -0.25) is 9.69 Å². The van der Waals surface area contributed by atoms with Crippen LogP contribution in [0.4, 0.5) is 4.79 Å². The van der Waals surface area contributed by atoms with E-state index in [4.69, 9.17) is 10.00 Å². The number of rotatable bonds is 3. The van der Waals surface area contributed by atoms with Gasteiger partial charge in [0.2, 0.25) is 0 Å². The Morgan fingerprint density at radius 2 is 2.26 bits per heavy atom. The fourth-order valence-corrected chi connectivity index (χ4v) is 1.80. The molecule has 1 atom stereocenters. The summed E-state index contributed by atoms with van der Waals surface area (Å²) in [6.45, 7) is 2.35. The van der Waals surface area contributed by atoms with Crippen molar-refractivity contribution in [3.05, 3.63) is 29.8 Å². The van der Waals surface area contributed by atoms with Crippen molar-refractivity contribution in [1.82, 2.24) is 10.2 Å². The molecule has 6 nitrogen and oxygen atoms in total. The maximum Gasteiger partial charge on any atom is 0.324 e. The molecule has 1 aromatic carbocycles. The molecule has 0 aliphatic carbocycles. The van der Waals surface area contributed by atoms with Gasteiger partial charge >= 0.3 is 6.03 Å². The van der Waals surface area contributed by atoms with Gasteiger partial charge in [0.1, 0.15) is 11.8 Å². The first-order chi connectivity index (χ1) is 9.13. The molecule has 1 saturated heterocycles. The van der Waals surface area contributed by atoms with Crippen LogP contribution in [-0.2, 0) is 4.79 Å². The third-order valence-corrected chi connectivity index (χ3v) is 2.78. The van der Waals surface area contributed by atoms with Gasteiger partial charge in [-0.2, -0.15) is 5.26 Å². The predicted octanol–water partition coefficient (Wildman–Crippen LogP) is 0.877. The van der Waals surface area contributed by atoms with Crippen LogP contribution in [0.25, 0.3) is 0 Å². The molecule has 0 bridgehead atoms. The standard InChI is InChI=1S/C13H13N3O3/c1-9(12(17)16-7-6-15-13(16)18)19-11-5-3-2-4-10(11)8-14/h2-5,9H,6-7H2,1H3,(H,15,18)/t9-/m1/s1. The average Bonchev–Trinajstić information content (AvgIpc) is 2.84. The fourth-order valence-electron chi connectivity index (χ4n) is 1.80. The fraction of sp³-hybridized carbons (Fsp3) is 0.308. The van der Waals surface area contributed by atoms with Crippen LogP contribution in [0, 0.1) is 11.3 Å². The van der Waals surface area contributed by atoms with Gasteiger partial charge in [0.15, 0.2) is 6.10 Å². The van der Waals surface area contributed by atoms with Crippen molar-refractivity contribution in [2.45, 2.75) is 13.0 Å². The molecule has 0 radical (unpaired) electrons. The minimum atomic E-state index is -0.821. The van der Waals surface area contributed by atoms with Gasteiger partial charge in [0.25, 0.3) is 5.91 Å². The molecule has 0 spiro atoms. The van der Waals surface area contributed by atoms with Crippen molar-refractivity contribution < 1.29 is 14.3 Å². The lowest BCUT2D eigenvalue weighted by Crippen LogP contribution is -2.42. The van der Waals surface area contributed by atoms with E-state index < -0.39 is 18.0 Å². The van der Waals surface area contributed by atoms with E-state index in [1.807, 2.05) is 6.07 Å². The number of nitrogens with one attached hydrogen (secondary N) is 1. The van der Waals surface area contributed by atoms with E-state index in [0.29, 0.717) is 24.4 Å². The van der Waals surface area contributed by atoms with Crippen LogP contribution in [-0.4, -0.2) is 36.0 Å². The Bertz CT molecular complexity index is 550. The van der Waals surface area contributed by atoms with E-state index in [1.165, 1.54) is 0 Å². The van der Waals surface area contributed by atoms with E-state index in [9.17, 15) is 9.59 Å². The molecule has 1 heterocycles. The van der Waals surface area contributed by atoms with Crippen molar-refractivity contribution >= 4 is 11.9 Å². The quantitative estimate of drug-likeness (QED) is 0.873. The zero-order chi connectivity index (χ0) is 13.8. The Hall–Kier alpha value is -2.55. The molecule has 6 heteroatoms. The number of imide groups is 1. The lowest BCUT2D eigenvalue weighted by molar-refractivity contribution is -0.134. The molecular weight excluding hydrogens is 246 g/mol. The van der Waals surface area contributed by atoms with Crippen LogP contribution in [0.1, 0.15) is 12.5 Å². The van der Waals surface area contributed by atoms with Crippen molar-refractivity contribution in [3.63, 3.8) is 0 Å². The summed E-state index contributed by atoms with van der Waals surface area (Å²) in [6.07, 6.45) is -0.821. The van der Waals surface area contributed by atoms with Gasteiger partial charge in [-0.1, -0.05) is 12.1 Å². The summed E-state index contributed by atoms with van der Waals surface area (Å²) in [5, 5.41) is 11.5. The molecule has 1 aromatic rings. The number of amides is 3. The van der Waals surface area contributed by atoms with E-state index in [0.717, 1.165) is 4.90 Å². The molecule has 1 aliphatic heterocycles. The first kappa shape index (κ1) is 12.9. The third kappa shape index (κ3) is 2.65. The monoisotopic (exact) mass is 259 g/mol. The minimum absolute atomic E-state index is 0.338. The molecule has 2 rings (SSSR count). The first-order valence-corrected chi connectivity index (χ1v) is 5.88. The first-order valence-electron chi connectivity index (χ1n) is 5.88. The summed E-state index contributed by atoms with van der Waals surface area (Å²) in [4.78, 5) is 24.5. The summed E-state index contributed by atoms with van der Waals surface area (Å²) >= 11 is 0. The van der Waals surface area contributed by atoms with Gasteiger partial charge < -0.3 is 10.1 Å². The Labute approximate surface area is 110 Å². The second-order valence-corrected chi connectivity index (χ2v) is 4.09. The summed E-state index contributed by atoms with van der Waals surface area (Å²) in [6, 6.07) is 8.24. The number of hydrogen-bond acceptors (Lipinski definition) is 4. The molecule has 98 valence electrons. The molecule has 19 heavy (non-hydrogen) atoms. The highest BCUT2D eigenvalue weighted by atomic mass is 16.5. The highest BCUT2D eigenvalue weighted by Crippen LogP contribution is 2.19. The molecule has 3 amide bonds. The van der Waals surface area contributed by atoms with E-state index >= 15 is 0 Å². The van der Waals surface area contributed by atoms with E-state index in [-0.39, 0.29) is 0 Å². The number of nitriles is 1. The Morgan fingerprint density at radius 3 is 2.89 bits per heavy atom. The second-order valence-electron chi connectivity index (χ2n) is 4.09. The van der Waals surface area contributed by atoms with Crippen LogP contribution in [0.2, 0.25) is 0 Å². The van der Waals surface area contributed by atoms with Gasteiger partial charge in [-0.15, -0.1) is 0 Å². The number of carbonyl (C=O) groups is 2. The molecule has 1 aliphatic rings. The normalized spacial score (nSPS) is 15.6. The number of ether oxygens (including phenoxy) is 1. The lowest BCUT2D eigenvalue weighted by atomic mass is 10.2. The van der Waals surface area contributed by atoms with Crippen LogP contribution < -0.4 is 10.1 Å². The Balaban J connectivity index is 2.09. The van der Waals surface area contributed by atoms with Crippen LogP contribution >= 0.6 is 0 Å². The lowest BCUT2D eigenvalue weighted by Gasteiger charge is -2.19. The Kier molecular flexibility index (Phi) is 3.66. The SMILES string of the molecule is C[C@@H](Oc1ccccc1C#N)C(=O)N1CCNC1=O. The minimum Gasteiger partial charge on any atom is -0.479 e. The number of para-hydroxylation sites is 1. The number of benzene rings is 1. The molecule has 1 N–H and O–H groups in total. The van der Waals surface area contributed by atoms with Crippen LogP contribution in [0.15, 0.2) is 24.3 Å². The Morgan fingerprint density at radius 1 is 1.53 bits per heavy atom. The zero-order valence-corrected chi connectivity index (χ0v) is 10.4. The molecule has 0 unspecified atom stereocenters. The zero-order valence-electron chi connectivity index (χ0n) is 10.4. The highest BCUT2D eigenvalue weighted by Gasteiger charge is 2.30. The maximum absolute atomic E-state index is 12.0. The van der Waals surface area contributed by atoms with Gasteiger partial charge in [0, 0.05) is 13.1 Å². The van der Waals surface area contributed by atoms with Crippen LogP contribution in [0.5, 0.6) is 5.75 Å². The van der Waals surface area contributed by atoms with Crippen LogP contribution in [0.3, 0.4) is 0 Å². The number of carbonyl (C=O) groups excluding carboxylic acids is 2. The number of nitrogens with zero attached hydrogens (tertiary/aromatic N) is 2. The van der Waals surface area contributed by atoms with E-state index in [1.54, 1.807) is 31.2 Å². The summed E-state index contributed by atoms with van der Waals surface area (Å²) in [5.74, 6) is -0.0757. The van der Waals surface area contributed by atoms with Gasteiger partial charge in [-0.05, 0) is 19.1 Å². The number of urea groups is 1. The van der Waals surface area contributed by atoms with Crippen molar-refractivity contribution in [3.8, 4) is 11.8 Å². The summed E-state index contributed by atoms with van der Waals surface area (Å²) in [5.41, 5.74) is 0.355. The molecule has 1 fully saturated rings. The molecule has 0 aromatic heterocycles. The second kappa shape index (κ2) is 5.40. The third-order valence-electron chi connectivity index (χ3n) is 2.78. The van der Waals surface area contributed by atoms with E-state index in [2.05, 4.69) is 5.32 Å². The average molecular weight is 259 g/mol. The smallest absolute Gasteiger partial charge is 0.324 e. The summed E-state index contributed by atoms with van der Waals surface area (Å²) < 4.78 is 5.47. The van der Waals surface area contributed by atoms with Crippen molar-refractivity contribution in [2.75, 3.05) is 13.1 Å². The van der Waals surface area contributed by atoms with Gasteiger partial charge in [0.05, 0.1) is 5.56 Å². The predicted molar refractivity (Wildman–Crippen MR) is 66.4 cm³/mol. The highest BCUT2D eigenvalue weighted by molar-refractivity contribution is 5.97. The van der Waals surface area contributed by atoms with Crippen molar-refractivity contribution in [1.29, 1.82) is 5.26 Å². The maximum atomic E-state index is 12.0. The molecule has 0 saturated carbocycles.